The summed E-state index contributed by atoms with van der Waals surface area (Å²) in [7, 11) is 0. The number of hydrogen-bond donors (Lipinski definition) is 0. The van der Waals surface area contributed by atoms with E-state index in [0.717, 1.165) is 36.8 Å². The molecule has 0 spiro atoms. The Bertz CT molecular complexity index is 555. The number of carbonyl (C=O) groups is 1. The maximum absolute atomic E-state index is 12.1. The minimum Gasteiger partial charge on any atom is -0.289 e. The fraction of sp³-hybridized carbons (Fsp3) is 0.381. The molecule has 1 rings (SSSR count). The average molecular weight is 296 g/mol. The van der Waals surface area contributed by atoms with Crippen molar-refractivity contribution in [2.24, 2.45) is 0 Å². The normalized spacial score (nSPS) is 12.2. The first-order chi connectivity index (χ1) is 10.5. The Morgan fingerprint density at radius 2 is 1.45 bits per heavy atom. The van der Waals surface area contributed by atoms with Gasteiger partial charge in [0.05, 0.1) is 0 Å². The van der Waals surface area contributed by atoms with Gasteiger partial charge in [-0.3, -0.25) is 4.79 Å². The molecule has 22 heavy (non-hydrogen) atoms. The van der Waals surface area contributed by atoms with Crippen molar-refractivity contribution in [3.8, 4) is 0 Å². The van der Waals surface area contributed by atoms with Crippen LogP contribution >= 0.6 is 0 Å². The second-order valence-corrected chi connectivity index (χ2v) is 6.13. The smallest absolute Gasteiger partial charge is 0.185 e. The molecule has 0 aliphatic rings. The van der Waals surface area contributed by atoms with Gasteiger partial charge in [0.15, 0.2) is 5.78 Å². The fourth-order valence-corrected chi connectivity index (χ4v) is 2.22. The van der Waals surface area contributed by atoms with Crippen LogP contribution in [-0.2, 0) is 0 Å². The van der Waals surface area contributed by atoms with E-state index in [1.807, 2.05) is 37.3 Å². The molecular weight excluding hydrogens is 268 g/mol. The monoisotopic (exact) mass is 296 g/mol. The first-order valence-corrected chi connectivity index (χ1v) is 8.04. The van der Waals surface area contributed by atoms with Crippen molar-refractivity contribution < 1.29 is 4.79 Å². The predicted octanol–water partition coefficient (Wildman–Crippen LogP) is 6.29. The van der Waals surface area contributed by atoms with Crippen LogP contribution in [0.3, 0.4) is 0 Å². The van der Waals surface area contributed by atoms with Crippen LogP contribution in [-0.4, -0.2) is 5.78 Å². The summed E-state index contributed by atoms with van der Waals surface area (Å²) in [5.74, 6) is 0.0994. The molecule has 1 aromatic carbocycles. The van der Waals surface area contributed by atoms with Crippen molar-refractivity contribution >= 4 is 5.78 Å². The lowest BCUT2D eigenvalue weighted by Crippen LogP contribution is -1.95. The third kappa shape index (κ3) is 7.78. The van der Waals surface area contributed by atoms with E-state index in [1.165, 1.54) is 11.1 Å². The molecule has 0 aliphatic carbocycles. The van der Waals surface area contributed by atoms with Gasteiger partial charge in [-0.15, -0.1) is 0 Å². The van der Waals surface area contributed by atoms with Gasteiger partial charge in [-0.2, -0.15) is 0 Å². The van der Waals surface area contributed by atoms with Gasteiger partial charge >= 0.3 is 0 Å². The van der Waals surface area contributed by atoms with Crippen molar-refractivity contribution in [3.63, 3.8) is 0 Å². The van der Waals surface area contributed by atoms with Gasteiger partial charge in [0.25, 0.3) is 0 Å². The highest BCUT2D eigenvalue weighted by atomic mass is 16.1. The second-order valence-electron chi connectivity index (χ2n) is 6.13. The summed E-state index contributed by atoms with van der Waals surface area (Å²) in [4.78, 5) is 12.1. The molecule has 1 heteroatoms. The summed E-state index contributed by atoms with van der Waals surface area (Å²) in [5, 5.41) is 0. The van der Waals surface area contributed by atoms with E-state index in [-0.39, 0.29) is 5.78 Å². The molecule has 0 radical (unpaired) electrons. The number of hydrogen-bond acceptors (Lipinski definition) is 1. The lowest BCUT2D eigenvalue weighted by Gasteiger charge is -2.02. The van der Waals surface area contributed by atoms with E-state index in [2.05, 4.69) is 32.9 Å². The number of allylic oxidation sites excluding steroid dienone is 6. The highest BCUT2D eigenvalue weighted by Gasteiger charge is 2.01. The molecule has 0 saturated carbocycles. The first kappa shape index (κ1) is 18.2. The molecule has 0 fully saturated rings. The van der Waals surface area contributed by atoms with Gasteiger partial charge in [0.1, 0.15) is 0 Å². The Labute approximate surface area is 135 Å². The van der Waals surface area contributed by atoms with E-state index in [4.69, 9.17) is 0 Å². The predicted molar refractivity (Wildman–Crippen MR) is 96.2 cm³/mol. The van der Waals surface area contributed by atoms with Gasteiger partial charge in [-0.25, -0.2) is 0 Å². The van der Waals surface area contributed by atoms with Crippen molar-refractivity contribution in [1.82, 2.24) is 0 Å². The van der Waals surface area contributed by atoms with Crippen molar-refractivity contribution in [3.05, 3.63) is 70.8 Å². The Balaban J connectivity index is 2.42. The minimum atomic E-state index is 0.0994. The topological polar surface area (TPSA) is 17.1 Å². The molecule has 0 N–H and O–H groups in total. The van der Waals surface area contributed by atoms with E-state index in [0.29, 0.717) is 0 Å². The molecule has 118 valence electrons. The summed E-state index contributed by atoms with van der Waals surface area (Å²) in [6.07, 6.45) is 10.5. The lowest BCUT2D eigenvalue weighted by atomic mass is 10.0. The quantitative estimate of drug-likeness (QED) is 0.313. The standard InChI is InChI=1S/C21H28O/c1-17(2)10-8-11-18(3)12-9-13-19(4)16-21(22)20-14-6-5-7-15-20/h5-7,10,12,14-16H,8-9,11,13H2,1-4H3/b18-12+,19-16+. The zero-order valence-electron chi connectivity index (χ0n) is 14.4. The van der Waals surface area contributed by atoms with Gasteiger partial charge < -0.3 is 0 Å². The van der Waals surface area contributed by atoms with E-state index in [1.54, 1.807) is 6.08 Å². The van der Waals surface area contributed by atoms with Crippen LogP contribution in [0.1, 0.15) is 63.7 Å². The Kier molecular flexibility index (Phi) is 8.21. The molecule has 0 amide bonds. The van der Waals surface area contributed by atoms with E-state index >= 15 is 0 Å². The highest BCUT2D eigenvalue weighted by Crippen LogP contribution is 2.12. The van der Waals surface area contributed by atoms with Crippen LogP contribution in [0, 0.1) is 0 Å². The third-order valence-electron chi connectivity index (χ3n) is 3.56. The highest BCUT2D eigenvalue weighted by molar-refractivity contribution is 6.04. The minimum absolute atomic E-state index is 0.0994. The number of rotatable bonds is 8. The number of carbonyl (C=O) groups excluding carboxylic acids is 1. The van der Waals surface area contributed by atoms with Crippen LogP contribution in [0.4, 0.5) is 0 Å². The SMILES string of the molecule is CC(C)=CCC/C(C)=C/CC/C(C)=C/C(=O)c1ccccc1. The Morgan fingerprint density at radius 1 is 0.864 bits per heavy atom. The van der Waals surface area contributed by atoms with Crippen LogP contribution in [0.2, 0.25) is 0 Å². The van der Waals surface area contributed by atoms with Crippen LogP contribution < -0.4 is 0 Å². The summed E-state index contributed by atoms with van der Waals surface area (Å²) < 4.78 is 0. The molecule has 1 aromatic rings. The first-order valence-electron chi connectivity index (χ1n) is 8.04. The van der Waals surface area contributed by atoms with Crippen molar-refractivity contribution in [2.75, 3.05) is 0 Å². The summed E-state index contributed by atoms with van der Waals surface area (Å²) in [6.45, 7) is 8.49. The zero-order valence-corrected chi connectivity index (χ0v) is 14.4. The molecule has 1 nitrogen and oxygen atoms in total. The largest absolute Gasteiger partial charge is 0.289 e. The van der Waals surface area contributed by atoms with Crippen molar-refractivity contribution in [2.45, 2.75) is 53.4 Å². The molecule has 0 aliphatic heterocycles. The van der Waals surface area contributed by atoms with Gasteiger partial charge in [-0.1, -0.05) is 59.2 Å². The molecule has 0 unspecified atom stereocenters. The van der Waals surface area contributed by atoms with Crippen LogP contribution in [0.25, 0.3) is 0 Å². The molecule has 0 aromatic heterocycles. The molecule has 0 bridgehead atoms. The molecular formula is C21H28O. The lowest BCUT2D eigenvalue weighted by molar-refractivity contribution is 0.104. The second kappa shape index (κ2) is 9.94. The van der Waals surface area contributed by atoms with E-state index in [9.17, 15) is 4.79 Å². The van der Waals surface area contributed by atoms with Crippen LogP contribution in [0.15, 0.2) is 65.3 Å². The third-order valence-corrected chi connectivity index (χ3v) is 3.56. The molecule has 0 atom stereocenters. The van der Waals surface area contributed by atoms with Crippen molar-refractivity contribution in [1.29, 1.82) is 0 Å². The van der Waals surface area contributed by atoms with Crippen LogP contribution in [0.5, 0.6) is 0 Å². The number of ketones is 1. The maximum atomic E-state index is 12.1. The average Bonchev–Trinajstić information content (AvgIpc) is 2.47. The Hall–Kier alpha value is -1.89. The van der Waals surface area contributed by atoms with Gasteiger partial charge in [-0.05, 0) is 59.5 Å². The fourth-order valence-electron chi connectivity index (χ4n) is 2.22. The summed E-state index contributed by atoms with van der Waals surface area (Å²) >= 11 is 0. The van der Waals surface area contributed by atoms with Gasteiger partial charge in [0.2, 0.25) is 0 Å². The summed E-state index contributed by atoms with van der Waals surface area (Å²) in [5.41, 5.74) is 4.71. The zero-order chi connectivity index (χ0) is 16.4. The van der Waals surface area contributed by atoms with E-state index < -0.39 is 0 Å². The van der Waals surface area contributed by atoms with Gasteiger partial charge in [0, 0.05) is 5.56 Å². The molecule has 0 heterocycles. The number of benzene rings is 1. The maximum Gasteiger partial charge on any atom is 0.185 e. The Morgan fingerprint density at radius 3 is 2.09 bits per heavy atom. The molecule has 0 saturated heterocycles. The summed E-state index contributed by atoms with van der Waals surface area (Å²) in [6, 6.07) is 9.44.